The number of ether oxygens (including phenoxy) is 1. The summed E-state index contributed by atoms with van der Waals surface area (Å²) in [6.45, 7) is 8.96. The monoisotopic (exact) mass is 285 g/mol. The van der Waals surface area contributed by atoms with Crippen LogP contribution in [-0.2, 0) is 11.3 Å². The van der Waals surface area contributed by atoms with Crippen LogP contribution in [0.15, 0.2) is 30.5 Å². The largest absolute Gasteiger partial charge is 0.379 e. The summed E-state index contributed by atoms with van der Waals surface area (Å²) in [6, 6.07) is 8.54. The number of pyridine rings is 1. The summed E-state index contributed by atoms with van der Waals surface area (Å²) in [4.78, 5) is 6.94. The highest BCUT2D eigenvalue weighted by atomic mass is 16.5. The summed E-state index contributed by atoms with van der Waals surface area (Å²) in [7, 11) is 0. The molecule has 1 aromatic heterocycles. The fraction of sp³-hybridized carbons (Fsp3) is 0.471. The molecular weight excluding hydrogens is 262 g/mol. The number of nitrogens with one attached hydrogen (secondary N) is 1. The summed E-state index contributed by atoms with van der Waals surface area (Å²) in [5.74, 6) is 0. The summed E-state index contributed by atoms with van der Waals surface area (Å²) in [5.41, 5.74) is 3.68. The molecule has 0 radical (unpaired) electrons. The van der Waals surface area contributed by atoms with Gasteiger partial charge in [-0.05, 0) is 24.1 Å². The van der Waals surface area contributed by atoms with Crippen molar-refractivity contribution in [1.82, 2.24) is 15.2 Å². The maximum absolute atomic E-state index is 5.37. The van der Waals surface area contributed by atoms with Gasteiger partial charge >= 0.3 is 0 Å². The first kappa shape index (κ1) is 14.4. The third-order valence-electron chi connectivity index (χ3n) is 4.09. The van der Waals surface area contributed by atoms with Crippen LogP contribution in [0.25, 0.3) is 10.9 Å². The van der Waals surface area contributed by atoms with E-state index in [4.69, 9.17) is 4.74 Å². The maximum Gasteiger partial charge on any atom is 0.0734 e. The molecule has 0 bridgehead atoms. The second-order valence-electron chi connectivity index (χ2n) is 5.57. The third kappa shape index (κ3) is 3.59. The smallest absolute Gasteiger partial charge is 0.0734 e. The molecule has 21 heavy (non-hydrogen) atoms. The molecule has 4 heteroatoms. The van der Waals surface area contributed by atoms with Gasteiger partial charge in [0.25, 0.3) is 0 Å². The lowest BCUT2D eigenvalue weighted by Gasteiger charge is -2.26. The standard InChI is InChI=1S/C17H23N3O/c1-14-4-5-15(16-3-2-6-19-17(14)16)13-18-7-8-20-9-11-21-12-10-20/h2-6,18H,7-13H2,1H3. The van der Waals surface area contributed by atoms with Crippen LogP contribution in [0.1, 0.15) is 11.1 Å². The van der Waals surface area contributed by atoms with Crippen molar-refractivity contribution in [2.75, 3.05) is 39.4 Å². The van der Waals surface area contributed by atoms with Crippen molar-refractivity contribution < 1.29 is 4.74 Å². The fourth-order valence-electron chi connectivity index (χ4n) is 2.81. The highest BCUT2D eigenvalue weighted by Gasteiger charge is 2.09. The summed E-state index contributed by atoms with van der Waals surface area (Å²) in [6.07, 6.45) is 1.87. The molecule has 1 aromatic carbocycles. The number of aromatic nitrogens is 1. The lowest BCUT2D eigenvalue weighted by Crippen LogP contribution is -2.40. The van der Waals surface area contributed by atoms with E-state index in [1.165, 1.54) is 16.5 Å². The van der Waals surface area contributed by atoms with Gasteiger partial charge in [-0.25, -0.2) is 0 Å². The van der Waals surface area contributed by atoms with Crippen LogP contribution in [0.2, 0.25) is 0 Å². The van der Waals surface area contributed by atoms with Crippen molar-refractivity contribution in [2.45, 2.75) is 13.5 Å². The molecule has 3 rings (SSSR count). The molecule has 1 saturated heterocycles. The molecule has 0 atom stereocenters. The minimum absolute atomic E-state index is 0.869. The van der Waals surface area contributed by atoms with Gasteiger partial charge in [0.1, 0.15) is 0 Å². The number of nitrogens with zero attached hydrogens (tertiary/aromatic N) is 2. The van der Waals surface area contributed by atoms with Gasteiger partial charge in [-0.1, -0.05) is 18.2 Å². The zero-order chi connectivity index (χ0) is 14.5. The Kier molecular flexibility index (Phi) is 4.80. The van der Waals surface area contributed by atoms with Gasteiger partial charge in [-0.2, -0.15) is 0 Å². The van der Waals surface area contributed by atoms with E-state index in [1.807, 2.05) is 12.3 Å². The Hall–Kier alpha value is -1.49. The van der Waals surface area contributed by atoms with Crippen molar-refractivity contribution in [3.05, 3.63) is 41.6 Å². The van der Waals surface area contributed by atoms with Crippen LogP contribution in [0.5, 0.6) is 0 Å². The average Bonchev–Trinajstić information content (AvgIpc) is 2.55. The highest BCUT2D eigenvalue weighted by molar-refractivity contribution is 5.84. The molecule has 1 N–H and O–H groups in total. The predicted molar refractivity (Wildman–Crippen MR) is 85.4 cm³/mol. The molecule has 2 aromatic rings. The molecule has 0 aliphatic carbocycles. The normalized spacial score (nSPS) is 16.4. The van der Waals surface area contributed by atoms with Crippen LogP contribution >= 0.6 is 0 Å². The molecular formula is C17H23N3O. The van der Waals surface area contributed by atoms with E-state index in [-0.39, 0.29) is 0 Å². The molecule has 0 spiro atoms. The number of rotatable bonds is 5. The van der Waals surface area contributed by atoms with Crippen LogP contribution in [0.3, 0.4) is 0 Å². The Morgan fingerprint density at radius 3 is 2.95 bits per heavy atom. The van der Waals surface area contributed by atoms with Gasteiger partial charge in [0.05, 0.1) is 18.7 Å². The van der Waals surface area contributed by atoms with Crippen LogP contribution in [0.4, 0.5) is 0 Å². The van der Waals surface area contributed by atoms with Crippen molar-refractivity contribution in [3.8, 4) is 0 Å². The van der Waals surface area contributed by atoms with Crippen LogP contribution in [-0.4, -0.2) is 49.3 Å². The minimum atomic E-state index is 0.869. The van der Waals surface area contributed by atoms with E-state index >= 15 is 0 Å². The molecule has 0 amide bonds. The lowest BCUT2D eigenvalue weighted by atomic mass is 10.0. The Morgan fingerprint density at radius 2 is 2.10 bits per heavy atom. The lowest BCUT2D eigenvalue weighted by molar-refractivity contribution is 0.0384. The van der Waals surface area contributed by atoms with E-state index in [0.29, 0.717) is 0 Å². The van der Waals surface area contributed by atoms with Crippen LogP contribution < -0.4 is 5.32 Å². The number of hydrogen-bond acceptors (Lipinski definition) is 4. The molecule has 0 unspecified atom stereocenters. The highest BCUT2D eigenvalue weighted by Crippen LogP contribution is 2.19. The summed E-state index contributed by atoms with van der Waals surface area (Å²) < 4.78 is 5.37. The number of morpholine rings is 1. The van der Waals surface area contributed by atoms with E-state index in [2.05, 4.69) is 40.3 Å². The van der Waals surface area contributed by atoms with E-state index in [1.54, 1.807) is 0 Å². The summed E-state index contributed by atoms with van der Waals surface area (Å²) in [5, 5.41) is 4.81. The summed E-state index contributed by atoms with van der Waals surface area (Å²) >= 11 is 0. The number of benzene rings is 1. The van der Waals surface area contributed by atoms with Crippen molar-refractivity contribution in [3.63, 3.8) is 0 Å². The molecule has 0 saturated carbocycles. The van der Waals surface area contributed by atoms with E-state index in [0.717, 1.165) is 51.5 Å². The quantitative estimate of drug-likeness (QED) is 0.852. The van der Waals surface area contributed by atoms with Gasteiger partial charge in [0.15, 0.2) is 0 Å². The first-order valence-corrected chi connectivity index (χ1v) is 7.68. The Balaban J connectivity index is 1.57. The minimum Gasteiger partial charge on any atom is -0.379 e. The number of aryl methyl sites for hydroxylation is 1. The van der Waals surface area contributed by atoms with Gasteiger partial charge in [-0.3, -0.25) is 9.88 Å². The first-order valence-electron chi connectivity index (χ1n) is 7.68. The van der Waals surface area contributed by atoms with Crippen LogP contribution in [0, 0.1) is 6.92 Å². The molecule has 1 fully saturated rings. The predicted octanol–water partition coefficient (Wildman–Crippen LogP) is 1.97. The van der Waals surface area contributed by atoms with Gasteiger partial charge in [0.2, 0.25) is 0 Å². The van der Waals surface area contributed by atoms with Gasteiger partial charge < -0.3 is 10.1 Å². The molecule has 1 aliphatic heterocycles. The first-order chi connectivity index (χ1) is 10.3. The SMILES string of the molecule is Cc1ccc(CNCCN2CCOCC2)c2cccnc12. The number of hydrogen-bond donors (Lipinski definition) is 1. The van der Waals surface area contributed by atoms with Crippen molar-refractivity contribution in [1.29, 1.82) is 0 Å². The van der Waals surface area contributed by atoms with Gasteiger partial charge in [-0.15, -0.1) is 0 Å². The molecule has 112 valence electrons. The fourth-order valence-corrected chi connectivity index (χ4v) is 2.81. The van der Waals surface area contributed by atoms with Crippen molar-refractivity contribution >= 4 is 10.9 Å². The molecule has 4 nitrogen and oxygen atoms in total. The Bertz CT molecular complexity index is 594. The topological polar surface area (TPSA) is 37.4 Å². The maximum atomic E-state index is 5.37. The zero-order valence-electron chi connectivity index (χ0n) is 12.6. The molecule has 2 heterocycles. The van der Waals surface area contributed by atoms with E-state index in [9.17, 15) is 0 Å². The van der Waals surface area contributed by atoms with Crippen molar-refractivity contribution in [2.24, 2.45) is 0 Å². The average molecular weight is 285 g/mol. The molecule has 1 aliphatic rings. The Morgan fingerprint density at radius 1 is 1.24 bits per heavy atom. The Labute approximate surface area is 126 Å². The number of fused-ring (bicyclic) bond motifs is 1. The van der Waals surface area contributed by atoms with E-state index < -0.39 is 0 Å². The second kappa shape index (κ2) is 6.98. The van der Waals surface area contributed by atoms with Gasteiger partial charge in [0, 0.05) is 44.3 Å². The zero-order valence-corrected chi connectivity index (χ0v) is 12.6. The second-order valence-corrected chi connectivity index (χ2v) is 5.57. The third-order valence-corrected chi connectivity index (χ3v) is 4.09.